The van der Waals surface area contributed by atoms with Gasteiger partial charge < -0.3 is 15.5 Å². The Labute approximate surface area is 149 Å². The van der Waals surface area contributed by atoms with E-state index in [0.717, 1.165) is 17.5 Å². The van der Waals surface area contributed by atoms with Gasteiger partial charge in [-0.1, -0.05) is 38.1 Å². The van der Waals surface area contributed by atoms with Crippen molar-refractivity contribution in [1.29, 1.82) is 0 Å². The Morgan fingerprint density at radius 1 is 1.24 bits per heavy atom. The van der Waals surface area contributed by atoms with E-state index in [1.807, 2.05) is 38.1 Å². The Hall–Kier alpha value is -2.37. The molecule has 1 aromatic rings. The summed E-state index contributed by atoms with van der Waals surface area (Å²) in [5.74, 6) is -0.443. The van der Waals surface area contributed by atoms with Crippen molar-refractivity contribution < 1.29 is 14.4 Å². The molecule has 2 N–H and O–H groups in total. The van der Waals surface area contributed by atoms with Crippen LogP contribution in [0.15, 0.2) is 24.3 Å². The van der Waals surface area contributed by atoms with Crippen molar-refractivity contribution >= 4 is 17.7 Å². The van der Waals surface area contributed by atoms with Crippen molar-refractivity contribution in [3.63, 3.8) is 0 Å². The van der Waals surface area contributed by atoms with Gasteiger partial charge in [-0.25, -0.2) is 0 Å². The summed E-state index contributed by atoms with van der Waals surface area (Å²) < 4.78 is 0. The van der Waals surface area contributed by atoms with Gasteiger partial charge in [0.05, 0.1) is 0 Å². The van der Waals surface area contributed by atoms with E-state index in [2.05, 4.69) is 10.6 Å². The molecular formula is C19H27N3O3. The lowest BCUT2D eigenvalue weighted by Crippen LogP contribution is -2.49. The molecule has 3 amide bonds. The van der Waals surface area contributed by atoms with Gasteiger partial charge in [0.25, 0.3) is 0 Å². The van der Waals surface area contributed by atoms with Crippen LogP contribution in [0.2, 0.25) is 0 Å². The number of nitrogens with one attached hydrogen (secondary N) is 2. The second kappa shape index (κ2) is 8.14. The average Bonchev–Trinajstić information content (AvgIpc) is 2.66. The number of carbonyl (C=O) groups excluding carboxylic acids is 3. The molecule has 6 heteroatoms. The fraction of sp³-hybridized carbons (Fsp3) is 0.526. The number of rotatable bonds is 5. The zero-order chi connectivity index (χ0) is 18.6. The van der Waals surface area contributed by atoms with Crippen molar-refractivity contribution in [2.45, 2.75) is 45.7 Å². The van der Waals surface area contributed by atoms with Gasteiger partial charge in [0, 0.05) is 20.0 Å². The summed E-state index contributed by atoms with van der Waals surface area (Å²) in [7, 11) is 1.74. The number of amides is 3. The fourth-order valence-electron chi connectivity index (χ4n) is 2.94. The van der Waals surface area contributed by atoms with Crippen LogP contribution in [-0.2, 0) is 20.8 Å². The monoisotopic (exact) mass is 345 g/mol. The van der Waals surface area contributed by atoms with Crippen LogP contribution in [-0.4, -0.2) is 42.3 Å². The largest absolute Gasteiger partial charge is 0.345 e. The average molecular weight is 345 g/mol. The molecule has 1 heterocycles. The molecular weight excluding hydrogens is 318 g/mol. The van der Waals surface area contributed by atoms with Crippen LogP contribution in [0.25, 0.3) is 0 Å². The maximum absolute atomic E-state index is 12.7. The smallest absolute Gasteiger partial charge is 0.249 e. The summed E-state index contributed by atoms with van der Waals surface area (Å²) in [5.41, 5.74) is 1.88. The highest BCUT2D eigenvalue weighted by Gasteiger charge is 2.31. The van der Waals surface area contributed by atoms with E-state index in [1.165, 1.54) is 0 Å². The molecule has 1 aliphatic heterocycles. The highest BCUT2D eigenvalue weighted by molar-refractivity contribution is 5.92. The molecule has 6 nitrogen and oxygen atoms in total. The van der Waals surface area contributed by atoms with Crippen LogP contribution in [0, 0.1) is 5.92 Å². The van der Waals surface area contributed by atoms with Crippen LogP contribution in [0.5, 0.6) is 0 Å². The van der Waals surface area contributed by atoms with Crippen LogP contribution >= 0.6 is 0 Å². The minimum Gasteiger partial charge on any atom is -0.345 e. The summed E-state index contributed by atoms with van der Waals surface area (Å²) in [6, 6.07) is 6.24. The second-order valence-corrected chi connectivity index (χ2v) is 7.04. The number of fused-ring (bicyclic) bond motifs is 1. The highest BCUT2D eigenvalue weighted by Crippen LogP contribution is 2.24. The highest BCUT2D eigenvalue weighted by atomic mass is 16.2. The first-order chi connectivity index (χ1) is 11.8. The molecule has 0 radical (unpaired) electrons. The van der Waals surface area contributed by atoms with Crippen molar-refractivity contribution in [2.24, 2.45) is 5.92 Å². The third kappa shape index (κ3) is 4.81. The summed E-state index contributed by atoms with van der Waals surface area (Å²) in [4.78, 5) is 38.7. The van der Waals surface area contributed by atoms with Gasteiger partial charge in [0.2, 0.25) is 17.7 Å². The van der Waals surface area contributed by atoms with Crippen molar-refractivity contribution in [1.82, 2.24) is 15.5 Å². The molecule has 0 saturated carbocycles. The molecule has 1 aromatic carbocycles. The lowest BCUT2D eigenvalue weighted by molar-refractivity contribution is -0.136. The van der Waals surface area contributed by atoms with Gasteiger partial charge in [-0.2, -0.15) is 0 Å². The molecule has 0 bridgehead atoms. The van der Waals surface area contributed by atoms with Crippen LogP contribution in [0.1, 0.15) is 44.4 Å². The first-order valence-corrected chi connectivity index (χ1v) is 8.72. The van der Waals surface area contributed by atoms with Crippen molar-refractivity contribution in [3.05, 3.63) is 35.4 Å². The number of hydrogen-bond acceptors (Lipinski definition) is 3. The first-order valence-electron chi connectivity index (χ1n) is 8.72. The molecule has 136 valence electrons. The fourth-order valence-corrected chi connectivity index (χ4v) is 2.94. The van der Waals surface area contributed by atoms with Gasteiger partial charge >= 0.3 is 0 Å². The summed E-state index contributed by atoms with van der Waals surface area (Å²) in [6.45, 7) is 6.13. The van der Waals surface area contributed by atoms with E-state index < -0.39 is 12.1 Å². The third-order valence-electron chi connectivity index (χ3n) is 4.36. The van der Waals surface area contributed by atoms with Gasteiger partial charge in [0.15, 0.2) is 0 Å². The Kier molecular flexibility index (Phi) is 6.17. The molecule has 0 unspecified atom stereocenters. The molecule has 0 aliphatic carbocycles. The Bertz CT molecular complexity index is 657. The van der Waals surface area contributed by atoms with Gasteiger partial charge in [0.1, 0.15) is 12.1 Å². The second-order valence-electron chi connectivity index (χ2n) is 7.04. The van der Waals surface area contributed by atoms with E-state index in [9.17, 15) is 14.4 Å². The maximum atomic E-state index is 12.7. The predicted octanol–water partition coefficient (Wildman–Crippen LogP) is 1.41. The Morgan fingerprint density at radius 3 is 2.60 bits per heavy atom. The normalized spacial score (nSPS) is 18.4. The summed E-state index contributed by atoms with van der Waals surface area (Å²) in [5, 5.41) is 5.50. The maximum Gasteiger partial charge on any atom is 0.249 e. The zero-order valence-electron chi connectivity index (χ0n) is 15.3. The molecule has 0 spiro atoms. The molecule has 0 aromatic heterocycles. The van der Waals surface area contributed by atoms with E-state index in [0.29, 0.717) is 13.0 Å². The van der Waals surface area contributed by atoms with Crippen molar-refractivity contribution in [2.75, 3.05) is 13.6 Å². The lowest BCUT2D eigenvalue weighted by Gasteiger charge is -2.24. The summed E-state index contributed by atoms with van der Waals surface area (Å²) >= 11 is 0. The van der Waals surface area contributed by atoms with Crippen LogP contribution in [0.3, 0.4) is 0 Å². The van der Waals surface area contributed by atoms with Gasteiger partial charge in [-0.15, -0.1) is 0 Å². The van der Waals surface area contributed by atoms with E-state index in [-0.39, 0.29) is 23.6 Å². The first kappa shape index (κ1) is 19.0. The number of nitrogens with zero attached hydrogens (tertiary/aromatic N) is 1. The van der Waals surface area contributed by atoms with E-state index in [1.54, 1.807) is 18.9 Å². The number of likely N-dealkylation sites (N-methyl/N-ethyl adjacent to an activating group) is 1. The predicted molar refractivity (Wildman–Crippen MR) is 95.7 cm³/mol. The molecule has 25 heavy (non-hydrogen) atoms. The number of carbonyl (C=O) groups is 3. The summed E-state index contributed by atoms with van der Waals surface area (Å²) in [6.07, 6.45) is 1.12. The molecule has 0 fully saturated rings. The van der Waals surface area contributed by atoms with E-state index in [4.69, 9.17) is 0 Å². The molecule has 2 rings (SSSR count). The van der Waals surface area contributed by atoms with Crippen LogP contribution in [0.4, 0.5) is 0 Å². The molecule has 2 atom stereocenters. The topological polar surface area (TPSA) is 78.5 Å². The Morgan fingerprint density at radius 2 is 1.92 bits per heavy atom. The zero-order valence-corrected chi connectivity index (χ0v) is 15.3. The molecule has 1 aliphatic rings. The quantitative estimate of drug-likeness (QED) is 0.847. The molecule has 0 saturated heterocycles. The minimum atomic E-state index is -0.722. The SMILES string of the molecule is CC(C)CC(=O)N[C@@H](C)C(=O)N[C@@H]1C(=O)N(C)CCc2ccccc21. The van der Waals surface area contributed by atoms with Crippen LogP contribution < -0.4 is 10.6 Å². The third-order valence-corrected chi connectivity index (χ3v) is 4.36. The standard InChI is InChI=1S/C19H27N3O3/c1-12(2)11-16(23)20-13(3)18(24)21-17-15-8-6-5-7-14(15)9-10-22(4)19(17)25/h5-8,12-13,17H,9-11H2,1-4H3,(H,20,23)(H,21,24)/t13-,17-/m0/s1. The van der Waals surface area contributed by atoms with Crippen molar-refractivity contribution in [3.8, 4) is 0 Å². The van der Waals surface area contributed by atoms with E-state index >= 15 is 0 Å². The number of benzene rings is 1. The Balaban J connectivity index is 2.12. The van der Waals surface area contributed by atoms with Gasteiger partial charge in [-0.3, -0.25) is 14.4 Å². The number of hydrogen-bond donors (Lipinski definition) is 2. The lowest BCUT2D eigenvalue weighted by atomic mass is 9.99. The minimum absolute atomic E-state index is 0.140. The van der Waals surface area contributed by atoms with Gasteiger partial charge in [-0.05, 0) is 30.4 Å².